The number of rotatable bonds is 2. The van der Waals surface area contributed by atoms with E-state index < -0.39 is 0 Å². The summed E-state index contributed by atoms with van der Waals surface area (Å²) in [5.74, 6) is 1.80. The van der Waals surface area contributed by atoms with Gasteiger partial charge in [-0.25, -0.2) is 9.97 Å². The molecule has 2 aromatic heterocycles. The standard InChI is InChI=1S/C15H20BrN5/c1-8(2)15-20-13(16)12-14(18)19-7-11(21(12)15)9-3-5-10(17)6-4-9/h3,7-8,10H,4-6,17H2,1-2H3,(H2,18,19). The molecule has 4 N–H and O–H groups in total. The van der Waals surface area contributed by atoms with Crippen LogP contribution in [-0.4, -0.2) is 20.4 Å². The SMILES string of the molecule is CC(C)c1nc(Br)c2c(N)ncc(C3=CCC(N)CC3)n12. The zero-order valence-corrected chi connectivity index (χ0v) is 13.9. The lowest BCUT2D eigenvalue weighted by molar-refractivity contribution is 0.612. The molecule has 1 aliphatic carbocycles. The maximum absolute atomic E-state index is 6.05. The molecule has 1 aliphatic rings. The van der Waals surface area contributed by atoms with Gasteiger partial charge in [-0.3, -0.25) is 4.40 Å². The highest BCUT2D eigenvalue weighted by atomic mass is 79.9. The van der Waals surface area contributed by atoms with E-state index in [9.17, 15) is 0 Å². The van der Waals surface area contributed by atoms with Crippen molar-refractivity contribution in [3.8, 4) is 0 Å². The van der Waals surface area contributed by atoms with E-state index in [1.807, 2.05) is 6.20 Å². The monoisotopic (exact) mass is 349 g/mol. The van der Waals surface area contributed by atoms with Gasteiger partial charge in [0.1, 0.15) is 15.9 Å². The van der Waals surface area contributed by atoms with Gasteiger partial charge in [-0.2, -0.15) is 0 Å². The topological polar surface area (TPSA) is 82.2 Å². The van der Waals surface area contributed by atoms with Crippen LogP contribution in [0.1, 0.15) is 50.5 Å². The number of fused-ring (bicyclic) bond motifs is 1. The van der Waals surface area contributed by atoms with Crippen molar-refractivity contribution in [3.05, 3.63) is 28.4 Å². The van der Waals surface area contributed by atoms with Crippen molar-refractivity contribution in [1.29, 1.82) is 0 Å². The molecular formula is C15H20BrN5. The third kappa shape index (κ3) is 2.46. The summed E-state index contributed by atoms with van der Waals surface area (Å²) >= 11 is 3.51. The number of nitrogen functional groups attached to an aromatic ring is 1. The fourth-order valence-electron chi connectivity index (χ4n) is 2.82. The number of nitrogens with zero attached hydrogens (tertiary/aromatic N) is 3. The third-order valence-electron chi connectivity index (χ3n) is 3.97. The summed E-state index contributed by atoms with van der Waals surface area (Å²) in [4.78, 5) is 8.98. The van der Waals surface area contributed by atoms with Gasteiger partial charge in [-0.15, -0.1) is 0 Å². The molecule has 1 unspecified atom stereocenters. The summed E-state index contributed by atoms with van der Waals surface area (Å²) in [6.07, 6.45) is 6.96. The summed E-state index contributed by atoms with van der Waals surface area (Å²) in [7, 11) is 0. The number of aromatic nitrogens is 3. The lowest BCUT2D eigenvalue weighted by Gasteiger charge is -2.20. The minimum Gasteiger partial charge on any atom is -0.382 e. The number of imidazole rings is 1. The molecule has 0 radical (unpaired) electrons. The van der Waals surface area contributed by atoms with E-state index in [-0.39, 0.29) is 6.04 Å². The Hall–Kier alpha value is -1.40. The highest BCUT2D eigenvalue weighted by Gasteiger charge is 2.21. The first kappa shape index (κ1) is 14.5. The Labute approximate surface area is 132 Å². The largest absolute Gasteiger partial charge is 0.382 e. The molecule has 0 spiro atoms. The van der Waals surface area contributed by atoms with Gasteiger partial charge in [0.05, 0.1) is 11.9 Å². The van der Waals surface area contributed by atoms with Crippen LogP contribution in [0.4, 0.5) is 5.82 Å². The van der Waals surface area contributed by atoms with Crippen LogP contribution in [0.5, 0.6) is 0 Å². The van der Waals surface area contributed by atoms with Gasteiger partial charge in [0, 0.05) is 12.0 Å². The fourth-order valence-corrected chi connectivity index (χ4v) is 3.39. The molecule has 0 bridgehead atoms. The predicted molar refractivity (Wildman–Crippen MR) is 89.0 cm³/mol. The normalized spacial score (nSPS) is 19.3. The Morgan fingerprint density at radius 1 is 1.43 bits per heavy atom. The van der Waals surface area contributed by atoms with E-state index in [1.54, 1.807) is 0 Å². The first-order valence-corrected chi connectivity index (χ1v) is 8.05. The van der Waals surface area contributed by atoms with Gasteiger partial charge in [-0.05, 0) is 40.8 Å². The third-order valence-corrected chi connectivity index (χ3v) is 4.52. The van der Waals surface area contributed by atoms with Crippen molar-refractivity contribution in [2.24, 2.45) is 5.73 Å². The van der Waals surface area contributed by atoms with Crippen LogP contribution in [0.25, 0.3) is 11.1 Å². The smallest absolute Gasteiger partial charge is 0.150 e. The summed E-state index contributed by atoms with van der Waals surface area (Å²) in [6, 6.07) is 0.269. The van der Waals surface area contributed by atoms with Crippen molar-refractivity contribution in [2.45, 2.75) is 45.1 Å². The molecule has 0 saturated heterocycles. The van der Waals surface area contributed by atoms with Crippen molar-refractivity contribution in [3.63, 3.8) is 0 Å². The number of hydrogen-bond donors (Lipinski definition) is 2. The lowest BCUT2D eigenvalue weighted by Crippen LogP contribution is -2.22. The van der Waals surface area contributed by atoms with Crippen molar-refractivity contribution in [2.75, 3.05) is 5.73 Å². The minimum atomic E-state index is 0.269. The highest BCUT2D eigenvalue weighted by molar-refractivity contribution is 9.10. The first-order valence-electron chi connectivity index (χ1n) is 7.26. The average molecular weight is 350 g/mol. The minimum absolute atomic E-state index is 0.269. The van der Waals surface area contributed by atoms with Gasteiger partial charge >= 0.3 is 0 Å². The Morgan fingerprint density at radius 2 is 2.19 bits per heavy atom. The molecule has 3 rings (SSSR count). The lowest BCUT2D eigenvalue weighted by atomic mass is 9.94. The van der Waals surface area contributed by atoms with Crippen LogP contribution in [0.15, 0.2) is 16.9 Å². The maximum Gasteiger partial charge on any atom is 0.150 e. The van der Waals surface area contributed by atoms with Crippen molar-refractivity contribution in [1.82, 2.24) is 14.4 Å². The van der Waals surface area contributed by atoms with Crippen LogP contribution in [0.3, 0.4) is 0 Å². The molecule has 0 aromatic carbocycles. The highest BCUT2D eigenvalue weighted by Crippen LogP contribution is 2.33. The molecule has 0 amide bonds. The van der Waals surface area contributed by atoms with E-state index in [2.05, 4.69) is 50.2 Å². The second kappa shape index (κ2) is 5.42. The van der Waals surface area contributed by atoms with Crippen LogP contribution in [0, 0.1) is 0 Å². The zero-order valence-electron chi connectivity index (χ0n) is 12.3. The molecule has 5 nitrogen and oxygen atoms in total. The van der Waals surface area contributed by atoms with E-state index in [0.29, 0.717) is 11.7 Å². The molecule has 0 fully saturated rings. The van der Waals surface area contributed by atoms with Crippen LogP contribution >= 0.6 is 15.9 Å². The summed E-state index contributed by atoms with van der Waals surface area (Å²) in [6.45, 7) is 4.26. The van der Waals surface area contributed by atoms with Gasteiger partial charge in [-0.1, -0.05) is 19.9 Å². The summed E-state index contributed by atoms with van der Waals surface area (Å²) in [5, 5.41) is 0. The number of allylic oxidation sites excluding steroid dienone is 1. The second-order valence-corrected chi connectivity index (χ2v) is 6.64. The van der Waals surface area contributed by atoms with E-state index in [0.717, 1.165) is 40.9 Å². The van der Waals surface area contributed by atoms with Crippen LogP contribution in [0.2, 0.25) is 0 Å². The molecule has 1 atom stereocenters. The number of halogens is 1. The fraction of sp³-hybridized carbons (Fsp3) is 0.467. The molecule has 6 heteroatoms. The molecule has 0 saturated carbocycles. The Morgan fingerprint density at radius 3 is 2.81 bits per heavy atom. The van der Waals surface area contributed by atoms with Crippen molar-refractivity contribution >= 4 is 32.8 Å². The summed E-state index contributed by atoms with van der Waals surface area (Å²) < 4.78 is 2.89. The number of hydrogen-bond acceptors (Lipinski definition) is 4. The van der Waals surface area contributed by atoms with Gasteiger partial charge < -0.3 is 11.5 Å². The quantitative estimate of drug-likeness (QED) is 0.872. The molecule has 2 heterocycles. The van der Waals surface area contributed by atoms with Crippen LogP contribution in [-0.2, 0) is 0 Å². The van der Waals surface area contributed by atoms with Gasteiger partial charge in [0.2, 0.25) is 0 Å². The van der Waals surface area contributed by atoms with Crippen LogP contribution < -0.4 is 11.5 Å². The Balaban J connectivity index is 2.26. The molecule has 2 aromatic rings. The van der Waals surface area contributed by atoms with E-state index >= 15 is 0 Å². The first-order chi connectivity index (χ1) is 9.99. The van der Waals surface area contributed by atoms with Crippen molar-refractivity contribution < 1.29 is 0 Å². The zero-order chi connectivity index (χ0) is 15.1. The van der Waals surface area contributed by atoms with Gasteiger partial charge in [0.15, 0.2) is 5.82 Å². The average Bonchev–Trinajstić information content (AvgIpc) is 2.80. The maximum atomic E-state index is 6.05. The number of anilines is 1. The second-order valence-electron chi connectivity index (χ2n) is 5.89. The Kier molecular flexibility index (Phi) is 3.75. The predicted octanol–water partition coefficient (Wildman–Crippen LogP) is 3.09. The van der Waals surface area contributed by atoms with Gasteiger partial charge in [0.25, 0.3) is 0 Å². The van der Waals surface area contributed by atoms with E-state index in [1.165, 1.54) is 5.57 Å². The molecule has 21 heavy (non-hydrogen) atoms. The summed E-state index contributed by atoms with van der Waals surface area (Å²) in [5.41, 5.74) is 15.2. The molecule has 0 aliphatic heterocycles. The molecule has 112 valence electrons. The van der Waals surface area contributed by atoms with E-state index in [4.69, 9.17) is 11.5 Å². The molecular weight excluding hydrogens is 330 g/mol. The number of nitrogens with two attached hydrogens (primary N) is 2. The Bertz CT molecular complexity index is 716.